The van der Waals surface area contributed by atoms with E-state index in [4.69, 9.17) is 5.11 Å². The highest BCUT2D eigenvalue weighted by Gasteiger charge is 2.22. The summed E-state index contributed by atoms with van der Waals surface area (Å²) in [4.78, 5) is 24.1. The maximum atomic E-state index is 12.1. The predicted molar refractivity (Wildman–Crippen MR) is 131 cm³/mol. The van der Waals surface area contributed by atoms with Crippen LogP contribution in [0.5, 0.6) is 0 Å². The predicted octanol–water partition coefficient (Wildman–Crippen LogP) is 3.84. The zero-order valence-corrected chi connectivity index (χ0v) is 19.4. The first kappa shape index (κ1) is 25.6. The molecular weight excluding hydrogens is 431 g/mol. The van der Waals surface area contributed by atoms with Gasteiger partial charge in [0.25, 0.3) is 5.56 Å². The van der Waals surface area contributed by atoms with Crippen molar-refractivity contribution in [2.75, 3.05) is 6.61 Å². The van der Waals surface area contributed by atoms with Crippen molar-refractivity contribution < 1.29 is 15.1 Å². The molecule has 3 aromatic carbocycles. The van der Waals surface area contributed by atoms with Crippen LogP contribution in [0.2, 0.25) is 0 Å². The lowest BCUT2D eigenvalue weighted by molar-refractivity contribution is 0.0897. The zero-order valence-electron chi connectivity index (χ0n) is 18.2. The zero-order chi connectivity index (χ0) is 22.9. The maximum absolute atomic E-state index is 12.1. The summed E-state index contributed by atoms with van der Waals surface area (Å²) in [6, 6.07) is 29.1. The van der Waals surface area contributed by atoms with E-state index in [0.717, 1.165) is 4.68 Å². The summed E-state index contributed by atoms with van der Waals surface area (Å²) in [6.45, 7) is 0.665. The Morgan fingerprint density at radius 3 is 1.67 bits per heavy atom. The summed E-state index contributed by atoms with van der Waals surface area (Å²) in [7, 11) is 0. The number of aliphatic hydroxyl groups is 1. The third kappa shape index (κ3) is 6.44. The van der Waals surface area contributed by atoms with Crippen molar-refractivity contribution in [3.8, 4) is 5.69 Å². The largest absolute Gasteiger partial charge is 0.412 e. The van der Waals surface area contributed by atoms with Gasteiger partial charge in [0.2, 0.25) is 0 Å². The molecule has 0 aliphatic heterocycles. The normalized spacial score (nSPS) is 10.2. The number of benzene rings is 3. The number of carbonyl (C=O) groups is 1. The van der Waals surface area contributed by atoms with E-state index >= 15 is 0 Å². The van der Waals surface area contributed by atoms with Gasteiger partial charge in [0.1, 0.15) is 12.2 Å². The molecule has 0 atom stereocenters. The Kier molecular flexibility index (Phi) is 9.65. The number of rotatable bonds is 5. The molecule has 0 saturated carbocycles. The third-order valence-corrected chi connectivity index (χ3v) is 4.75. The summed E-state index contributed by atoms with van der Waals surface area (Å²) in [5.41, 5.74) is 2.14. The van der Waals surface area contributed by atoms with Crippen molar-refractivity contribution >= 4 is 35.3 Å². The molecule has 6 nitrogen and oxygen atoms in total. The van der Waals surface area contributed by atoms with Gasteiger partial charge in [-0.1, -0.05) is 91.0 Å². The fraction of sp³-hybridized carbons (Fsp3) is 0.0769. The lowest BCUT2D eigenvalue weighted by Crippen LogP contribution is -2.23. The number of hydrogen-bond acceptors (Lipinski definition) is 4. The highest BCUT2D eigenvalue weighted by Crippen LogP contribution is 2.10. The van der Waals surface area contributed by atoms with Crippen molar-refractivity contribution in [2.45, 2.75) is 6.92 Å². The molecule has 0 aliphatic carbocycles. The van der Waals surface area contributed by atoms with E-state index in [-0.39, 0.29) is 28.6 Å². The van der Waals surface area contributed by atoms with E-state index in [9.17, 15) is 14.8 Å². The second-order valence-corrected chi connectivity index (χ2v) is 6.94. The molecular formula is C26H24AlN2O4. The van der Waals surface area contributed by atoms with Crippen LogP contribution in [0.15, 0.2) is 95.8 Å². The van der Waals surface area contributed by atoms with E-state index in [2.05, 4.69) is 36.4 Å². The minimum atomic E-state index is -0.769. The summed E-state index contributed by atoms with van der Waals surface area (Å²) in [5.74, 6) is -0.713. The molecule has 0 bridgehead atoms. The average molecular weight is 455 g/mol. The van der Waals surface area contributed by atoms with Crippen LogP contribution in [0.3, 0.4) is 0 Å². The van der Waals surface area contributed by atoms with Crippen molar-refractivity contribution in [3.63, 3.8) is 0 Å². The summed E-state index contributed by atoms with van der Waals surface area (Å²) in [5, 5.41) is 18.7. The Balaban J connectivity index is 0.000000233. The monoisotopic (exact) mass is 455 g/mol. The van der Waals surface area contributed by atoms with Crippen LogP contribution in [0.4, 0.5) is 0 Å². The summed E-state index contributed by atoms with van der Waals surface area (Å²) in [6.07, 6.45) is 4.24. The lowest BCUT2D eigenvalue weighted by Gasteiger charge is -2.05. The van der Waals surface area contributed by atoms with Gasteiger partial charge in [-0.2, -0.15) is 4.68 Å². The van der Waals surface area contributed by atoms with Gasteiger partial charge in [-0.15, -0.1) is 4.85 Å². The van der Waals surface area contributed by atoms with Crippen molar-refractivity contribution in [1.82, 2.24) is 9.53 Å². The van der Waals surface area contributed by atoms with Crippen LogP contribution in [0.25, 0.3) is 17.8 Å². The molecule has 0 spiro atoms. The molecule has 4 aromatic rings. The van der Waals surface area contributed by atoms with Crippen molar-refractivity contribution in [1.29, 1.82) is 0 Å². The Morgan fingerprint density at radius 2 is 1.24 bits per heavy atom. The van der Waals surface area contributed by atoms with Crippen LogP contribution < -0.4 is 5.56 Å². The quantitative estimate of drug-likeness (QED) is 0.207. The highest BCUT2D eigenvalue weighted by atomic mass is 27.0. The molecule has 165 valence electrons. The number of para-hydroxylation sites is 1. The number of aliphatic hydroxyl groups excluding tert-OH is 1. The first-order valence-corrected chi connectivity index (χ1v) is 10.0. The molecule has 7 heteroatoms. The van der Waals surface area contributed by atoms with Crippen LogP contribution in [0.1, 0.15) is 27.2 Å². The van der Waals surface area contributed by atoms with E-state index in [1.165, 1.54) is 18.1 Å². The number of hydrogen-bond donors (Lipinski definition) is 2. The Morgan fingerprint density at radius 1 is 0.818 bits per heavy atom. The maximum Gasteiger partial charge on any atom is 0.285 e. The number of ketones is 1. The molecule has 33 heavy (non-hydrogen) atoms. The standard InChI is InChI=1S/C14H12.C12H12N2O4.Al/c1-3-7-13(8-4-1)11-12-14-9-5-2-6-10-14;1-8-11(10(16)7-15)12(17)13(14(8)18)9-5-3-2-4-6-9;/h1-12H;2-6,15,18H,7H2,1H3;. The topological polar surface area (TPSA) is 84.5 Å². The Labute approximate surface area is 202 Å². The van der Waals surface area contributed by atoms with Crippen LogP contribution >= 0.6 is 0 Å². The van der Waals surface area contributed by atoms with Crippen LogP contribution in [-0.2, 0) is 0 Å². The molecule has 4 rings (SSSR count). The molecule has 2 N–H and O–H groups in total. The molecule has 3 radical (unpaired) electrons. The summed E-state index contributed by atoms with van der Waals surface area (Å²) >= 11 is 0. The smallest absolute Gasteiger partial charge is 0.285 e. The molecule has 0 aliphatic rings. The number of nitrogens with zero attached hydrogens (tertiary/aromatic N) is 2. The van der Waals surface area contributed by atoms with Gasteiger partial charge in [-0.3, -0.25) is 9.59 Å². The first-order valence-electron chi connectivity index (χ1n) is 10.0. The lowest BCUT2D eigenvalue weighted by atomic mass is 10.1. The van der Waals surface area contributed by atoms with Gasteiger partial charge in [0.05, 0.1) is 11.4 Å². The van der Waals surface area contributed by atoms with Crippen molar-refractivity contribution in [2.24, 2.45) is 0 Å². The van der Waals surface area contributed by atoms with E-state index in [1.807, 2.05) is 36.4 Å². The minimum absolute atomic E-state index is 0. The molecule has 1 heterocycles. The van der Waals surface area contributed by atoms with Gasteiger partial charge in [-0.25, -0.2) is 0 Å². The van der Waals surface area contributed by atoms with Gasteiger partial charge < -0.3 is 10.3 Å². The third-order valence-electron chi connectivity index (χ3n) is 4.75. The average Bonchev–Trinajstić information content (AvgIpc) is 3.07. The molecule has 0 saturated heterocycles. The molecule has 0 amide bonds. The molecule has 1 aromatic heterocycles. The van der Waals surface area contributed by atoms with E-state index < -0.39 is 17.9 Å². The van der Waals surface area contributed by atoms with E-state index in [1.54, 1.807) is 30.3 Å². The second kappa shape index (κ2) is 12.4. The van der Waals surface area contributed by atoms with Gasteiger partial charge in [-0.05, 0) is 30.2 Å². The highest BCUT2D eigenvalue weighted by molar-refractivity contribution is 5.97. The van der Waals surface area contributed by atoms with Crippen LogP contribution in [-0.4, -0.2) is 49.6 Å². The molecule has 0 unspecified atom stereocenters. The number of Topliss-reactive ketones (excluding diaryl/α,β-unsaturated/α-hetero) is 1. The van der Waals surface area contributed by atoms with Crippen molar-refractivity contribution in [3.05, 3.63) is 124 Å². The van der Waals surface area contributed by atoms with Gasteiger partial charge in [0.15, 0.2) is 5.78 Å². The number of aromatic nitrogens is 2. The Bertz CT molecular complexity index is 1210. The Hall–Kier alpha value is -3.63. The SMILES string of the molecule is C(=Cc1ccccc1)c1ccccc1.Cc1c(C(=O)CO)c(=O)n(-c2ccccc2)n1O.[Al]. The first-order chi connectivity index (χ1) is 15.5. The van der Waals surface area contributed by atoms with E-state index in [0.29, 0.717) is 10.5 Å². The van der Waals surface area contributed by atoms with Crippen LogP contribution in [0, 0.1) is 6.92 Å². The molecule has 0 fully saturated rings. The van der Waals surface area contributed by atoms with Gasteiger partial charge in [0, 0.05) is 17.4 Å². The fourth-order valence-corrected chi connectivity index (χ4v) is 3.11. The van der Waals surface area contributed by atoms with Gasteiger partial charge >= 0.3 is 0 Å². The fourth-order valence-electron chi connectivity index (χ4n) is 3.11. The second-order valence-electron chi connectivity index (χ2n) is 6.94. The minimum Gasteiger partial charge on any atom is -0.412 e. The number of carbonyl (C=O) groups excluding carboxylic acids is 1. The summed E-state index contributed by atoms with van der Waals surface area (Å²) < 4.78 is 0.970.